The maximum absolute atomic E-state index is 12.6. The number of thioether (sulfide) groups is 1. The molecule has 2 aromatic heterocycles. The first-order chi connectivity index (χ1) is 13.2. The van der Waals surface area contributed by atoms with Crippen LogP contribution in [0.1, 0.15) is 57.9 Å². The van der Waals surface area contributed by atoms with E-state index in [0.29, 0.717) is 12.0 Å². The number of hydrogen-bond donors (Lipinski definition) is 1. The van der Waals surface area contributed by atoms with Gasteiger partial charge >= 0.3 is 0 Å². The molecule has 4 rings (SSSR count). The summed E-state index contributed by atoms with van der Waals surface area (Å²) in [5.41, 5.74) is 1.02. The topological polar surface area (TPSA) is 72.7 Å². The zero-order valence-corrected chi connectivity index (χ0v) is 16.6. The van der Waals surface area contributed by atoms with Crippen LogP contribution in [-0.4, -0.2) is 37.5 Å². The molecule has 0 aliphatic heterocycles. The van der Waals surface area contributed by atoms with Gasteiger partial charge in [0, 0.05) is 30.5 Å². The molecule has 2 aliphatic carbocycles. The van der Waals surface area contributed by atoms with E-state index in [2.05, 4.69) is 25.1 Å². The van der Waals surface area contributed by atoms with E-state index in [1.807, 2.05) is 19.1 Å². The number of carbonyl (C=O) groups is 1. The molecule has 1 N–H and O–H groups in total. The summed E-state index contributed by atoms with van der Waals surface area (Å²) in [6, 6.07) is 4.36. The predicted octanol–water partition coefficient (Wildman–Crippen LogP) is 3.85. The second-order valence-electron chi connectivity index (χ2n) is 7.65. The van der Waals surface area contributed by atoms with Crippen LogP contribution in [0.3, 0.4) is 0 Å². The van der Waals surface area contributed by atoms with Crippen molar-refractivity contribution in [1.82, 2.24) is 25.1 Å². The summed E-state index contributed by atoms with van der Waals surface area (Å²) in [7, 11) is 0. The number of carbonyl (C=O) groups excluding carboxylic acids is 1. The Labute approximate surface area is 164 Å². The summed E-state index contributed by atoms with van der Waals surface area (Å²) in [6.07, 6.45) is 12.3. The van der Waals surface area contributed by atoms with Crippen molar-refractivity contribution in [3.63, 3.8) is 0 Å². The maximum atomic E-state index is 12.6. The molecule has 0 aromatic carbocycles. The van der Waals surface area contributed by atoms with Crippen LogP contribution in [-0.2, 0) is 4.79 Å². The number of amides is 1. The number of hydrogen-bond acceptors (Lipinski definition) is 5. The Hall–Kier alpha value is -1.89. The van der Waals surface area contributed by atoms with Crippen LogP contribution in [0.4, 0.5) is 0 Å². The minimum Gasteiger partial charge on any atom is -0.355 e. The summed E-state index contributed by atoms with van der Waals surface area (Å²) in [4.78, 5) is 16.6. The predicted molar refractivity (Wildman–Crippen MR) is 106 cm³/mol. The van der Waals surface area contributed by atoms with Crippen molar-refractivity contribution >= 4 is 17.7 Å². The van der Waals surface area contributed by atoms with Gasteiger partial charge in [0.2, 0.25) is 5.91 Å². The Balaban J connectivity index is 1.41. The van der Waals surface area contributed by atoms with E-state index < -0.39 is 0 Å². The van der Waals surface area contributed by atoms with Gasteiger partial charge in [-0.1, -0.05) is 31.0 Å². The standard InChI is InChI=1S/C20H27N5OS/c1-14(19(26)22-13-15-5-3-2-4-6-15)27-20-24-23-18(25(20)17-7-8-17)16-9-11-21-12-10-16/h9-12,14-15,17H,2-8,13H2,1H3,(H,22,26)/t14-/m1/s1. The highest BCUT2D eigenvalue weighted by atomic mass is 32.2. The lowest BCUT2D eigenvalue weighted by Crippen LogP contribution is -2.35. The van der Waals surface area contributed by atoms with Gasteiger partial charge in [0.15, 0.2) is 11.0 Å². The maximum Gasteiger partial charge on any atom is 0.233 e. The first kappa shape index (κ1) is 18.5. The van der Waals surface area contributed by atoms with E-state index in [9.17, 15) is 4.79 Å². The molecule has 2 aromatic rings. The van der Waals surface area contributed by atoms with Crippen molar-refractivity contribution in [2.45, 2.75) is 68.3 Å². The average molecular weight is 386 g/mol. The fraction of sp³-hybridized carbons (Fsp3) is 0.600. The highest BCUT2D eigenvalue weighted by Crippen LogP contribution is 2.41. The summed E-state index contributed by atoms with van der Waals surface area (Å²) >= 11 is 1.51. The molecule has 7 heteroatoms. The molecular formula is C20H27N5OS. The third-order valence-corrected chi connectivity index (χ3v) is 6.51. The smallest absolute Gasteiger partial charge is 0.233 e. The monoisotopic (exact) mass is 385 g/mol. The minimum atomic E-state index is -0.180. The lowest BCUT2D eigenvalue weighted by Gasteiger charge is -2.22. The molecule has 2 aliphatic rings. The summed E-state index contributed by atoms with van der Waals surface area (Å²) in [5.74, 6) is 1.62. The Morgan fingerprint density at radius 3 is 2.63 bits per heavy atom. The van der Waals surface area contributed by atoms with Crippen LogP contribution >= 0.6 is 11.8 Å². The van der Waals surface area contributed by atoms with Gasteiger partial charge in [-0.2, -0.15) is 0 Å². The number of nitrogens with zero attached hydrogens (tertiary/aromatic N) is 4. The van der Waals surface area contributed by atoms with Gasteiger partial charge in [0.25, 0.3) is 0 Å². The first-order valence-electron chi connectivity index (χ1n) is 10.0. The quantitative estimate of drug-likeness (QED) is 0.733. The van der Waals surface area contributed by atoms with E-state index in [0.717, 1.165) is 35.9 Å². The Bertz CT molecular complexity index is 768. The van der Waals surface area contributed by atoms with Crippen LogP contribution in [0.15, 0.2) is 29.7 Å². The van der Waals surface area contributed by atoms with E-state index in [1.54, 1.807) is 12.4 Å². The van der Waals surface area contributed by atoms with Crippen molar-refractivity contribution in [1.29, 1.82) is 0 Å². The van der Waals surface area contributed by atoms with Crippen molar-refractivity contribution in [2.75, 3.05) is 6.54 Å². The highest BCUT2D eigenvalue weighted by Gasteiger charge is 2.31. The van der Waals surface area contributed by atoms with Gasteiger partial charge in [-0.3, -0.25) is 14.3 Å². The van der Waals surface area contributed by atoms with Gasteiger partial charge in [0.05, 0.1) is 5.25 Å². The Morgan fingerprint density at radius 2 is 1.93 bits per heavy atom. The molecule has 0 unspecified atom stereocenters. The first-order valence-corrected chi connectivity index (χ1v) is 10.9. The Kier molecular flexibility index (Phi) is 5.76. The zero-order chi connectivity index (χ0) is 18.6. The van der Waals surface area contributed by atoms with Gasteiger partial charge in [-0.15, -0.1) is 10.2 Å². The van der Waals surface area contributed by atoms with Gasteiger partial charge < -0.3 is 5.32 Å². The van der Waals surface area contributed by atoms with E-state index in [-0.39, 0.29) is 11.2 Å². The fourth-order valence-electron chi connectivity index (χ4n) is 3.71. The molecule has 2 saturated carbocycles. The van der Waals surface area contributed by atoms with Crippen LogP contribution in [0.5, 0.6) is 0 Å². The van der Waals surface area contributed by atoms with E-state index in [4.69, 9.17) is 0 Å². The fourth-order valence-corrected chi connectivity index (χ4v) is 4.65. The number of aromatic nitrogens is 4. The average Bonchev–Trinajstić information content (AvgIpc) is 3.47. The molecular weight excluding hydrogens is 358 g/mol. The number of rotatable bonds is 7. The van der Waals surface area contributed by atoms with Gasteiger partial charge in [0.1, 0.15) is 0 Å². The molecule has 0 spiro atoms. The number of pyridine rings is 1. The molecule has 27 heavy (non-hydrogen) atoms. The van der Waals surface area contributed by atoms with Crippen molar-refractivity contribution in [3.8, 4) is 11.4 Å². The van der Waals surface area contributed by atoms with E-state index in [1.165, 1.54) is 43.9 Å². The molecule has 1 atom stereocenters. The third-order valence-electron chi connectivity index (χ3n) is 5.46. The molecule has 1 amide bonds. The van der Waals surface area contributed by atoms with Crippen molar-refractivity contribution in [2.24, 2.45) is 5.92 Å². The molecule has 6 nitrogen and oxygen atoms in total. The largest absolute Gasteiger partial charge is 0.355 e. The van der Waals surface area contributed by atoms with E-state index >= 15 is 0 Å². The van der Waals surface area contributed by atoms with Crippen LogP contribution < -0.4 is 5.32 Å². The highest BCUT2D eigenvalue weighted by molar-refractivity contribution is 8.00. The lowest BCUT2D eigenvalue weighted by molar-refractivity contribution is -0.120. The Morgan fingerprint density at radius 1 is 1.19 bits per heavy atom. The third kappa shape index (κ3) is 4.51. The number of nitrogens with one attached hydrogen (secondary N) is 1. The van der Waals surface area contributed by atoms with Crippen molar-refractivity contribution in [3.05, 3.63) is 24.5 Å². The van der Waals surface area contributed by atoms with Crippen LogP contribution in [0, 0.1) is 5.92 Å². The molecule has 144 valence electrons. The zero-order valence-electron chi connectivity index (χ0n) is 15.8. The molecule has 0 saturated heterocycles. The molecule has 0 bridgehead atoms. The second-order valence-corrected chi connectivity index (χ2v) is 8.96. The molecule has 2 heterocycles. The van der Waals surface area contributed by atoms with Gasteiger partial charge in [-0.05, 0) is 50.7 Å². The summed E-state index contributed by atoms with van der Waals surface area (Å²) < 4.78 is 2.20. The summed E-state index contributed by atoms with van der Waals surface area (Å²) in [5, 5.41) is 12.6. The minimum absolute atomic E-state index is 0.0985. The lowest BCUT2D eigenvalue weighted by atomic mass is 9.89. The van der Waals surface area contributed by atoms with Crippen LogP contribution in [0.25, 0.3) is 11.4 Å². The molecule has 2 fully saturated rings. The molecule has 0 radical (unpaired) electrons. The second kappa shape index (κ2) is 8.42. The van der Waals surface area contributed by atoms with Gasteiger partial charge in [-0.25, -0.2) is 0 Å². The summed E-state index contributed by atoms with van der Waals surface area (Å²) in [6.45, 7) is 2.76. The van der Waals surface area contributed by atoms with Crippen LogP contribution in [0.2, 0.25) is 0 Å². The van der Waals surface area contributed by atoms with Crippen molar-refractivity contribution < 1.29 is 4.79 Å². The normalized spacial score (nSPS) is 19.0. The SMILES string of the molecule is C[C@@H](Sc1nnc(-c2ccncc2)n1C1CC1)C(=O)NCC1CCCCC1.